The molecule has 3 unspecified atom stereocenters. The number of aliphatic carboxylic acids is 1. The fourth-order valence-corrected chi connectivity index (χ4v) is 5.81. The fraction of sp³-hybridized carbons (Fsp3) is 0.690. The molecule has 0 aromatic heterocycles. The first-order chi connectivity index (χ1) is 26.1. The van der Waals surface area contributed by atoms with E-state index in [9.17, 15) is 34.1 Å². The van der Waals surface area contributed by atoms with Gasteiger partial charge in [-0.25, -0.2) is 9.36 Å². The summed E-state index contributed by atoms with van der Waals surface area (Å²) in [7, 11) is -4.76. The third-order valence-electron chi connectivity index (χ3n) is 8.28. The van der Waals surface area contributed by atoms with Gasteiger partial charge in [-0.15, -0.1) is 0 Å². The number of carbonyl (C=O) groups is 3. The van der Waals surface area contributed by atoms with Crippen molar-refractivity contribution in [1.29, 1.82) is 0 Å². The second-order valence-electron chi connectivity index (χ2n) is 13.5. The summed E-state index contributed by atoms with van der Waals surface area (Å²) in [5, 5.41) is 21.7. The first-order valence-corrected chi connectivity index (χ1v) is 21.8. The highest BCUT2D eigenvalue weighted by atomic mass is 31.2. The van der Waals surface area contributed by atoms with Crippen molar-refractivity contribution < 1.29 is 47.8 Å². The predicted octanol–water partition coefficient (Wildman–Crippen LogP) is 10.00. The van der Waals surface area contributed by atoms with E-state index in [1.54, 1.807) is 0 Å². The van der Waals surface area contributed by atoms with E-state index in [1.165, 1.54) is 38.5 Å². The SMILES string of the molecule is CCCC/C=C\CCCCCCCC(=O)OCC(O)COP(=O)(O)OCC(NC(=O)CCCCC/C=C\C/C=C\C/C=C\C/C=C\CCCCC)C(=O)O. The number of hydrogen-bond acceptors (Lipinski definition) is 8. The van der Waals surface area contributed by atoms with Crippen LogP contribution >= 0.6 is 7.82 Å². The molecule has 54 heavy (non-hydrogen) atoms. The molecular weight excluding hydrogens is 709 g/mol. The van der Waals surface area contributed by atoms with Crippen LogP contribution in [0.1, 0.15) is 155 Å². The lowest BCUT2D eigenvalue weighted by atomic mass is 10.1. The second kappa shape index (κ2) is 37.1. The molecule has 0 saturated heterocycles. The molecule has 0 aliphatic carbocycles. The minimum atomic E-state index is -4.76. The van der Waals surface area contributed by atoms with Gasteiger partial charge in [-0.2, -0.15) is 0 Å². The molecule has 0 fully saturated rings. The number of carboxylic acid groups (broad SMARTS) is 1. The van der Waals surface area contributed by atoms with E-state index in [1.807, 2.05) is 0 Å². The van der Waals surface area contributed by atoms with Crippen LogP contribution in [-0.2, 0) is 32.7 Å². The van der Waals surface area contributed by atoms with Crippen molar-refractivity contribution in [3.8, 4) is 0 Å². The lowest BCUT2D eigenvalue weighted by Crippen LogP contribution is -2.43. The van der Waals surface area contributed by atoms with E-state index in [0.717, 1.165) is 77.0 Å². The fourth-order valence-electron chi connectivity index (χ4n) is 5.04. The molecule has 0 saturated carbocycles. The molecule has 12 heteroatoms. The van der Waals surface area contributed by atoms with Gasteiger partial charge in [0, 0.05) is 12.8 Å². The Bertz CT molecular complexity index is 1150. The minimum Gasteiger partial charge on any atom is -0.480 e. The maximum atomic E-state index is 12.3. The van der Waals surface area contributed by atoms with Crippen LogP contribution in [0.3, 0.4) is 0 Å². The van der Waals surface area contributed by atoms with Crippen LogP contribution in [0.4, 0.5) is 0 Å². The maximum Gasteiger partial charge on any atom is 0.472 e. The lowest BCUT2D eigenvalue weighted by molar-refractivity contribution is -0.147. The quantitative estimate of drug-likeness (QED) is 0.0206. The summed E-state index contributed by atoms with van der Waals surface area (Å²) < 4.78 is 26.7. The number of allylic oxidation sites excluding steroid dienone is 10. The summed E-state index contributed by atoms with van der Waals surface area (Å²) in [4.78, 5) is 45.7. The molecule has 0 aliphatic rings. The molecule has 310 valence electrons. The standard InChI is InChI=1S/C42H72NO10P/c1-3-5-7-9-11-13-15-16-17-18-19-20-21-22-24-25-27-29-31-33-40(45)43-39(42(47)48)37-53-54(49,50)52-36-38(44)35-51-41(46)34-32-30-28-26-23-14-12-10-8-6-4-2/h10-13,16-17,19-20,22,24,38-39,44H,3-9,14-15,18,21,23,25-37H2,1-2H3,(H,43,45)(H,47,48)(H,49,50)/b12-10-,13-11-,17-16-,20-19-,24-22-. The van der Waals surface area contributed by atoms with Gasteiger partial charge in [-0.05, 0) is 77.0 Å². The molecule has 0 bridgehead atoms. The highest BCUT2D eigenvalue weighted by Crippen LogP contribution is 2.43. The van der Waals surface area contributed by atoms with Crippen molar-refractivity contribution in [2.75, 3.05) is 19.8 Å². The number of esters is 1. The Hall–Kier alpha value is -2.82. The van der Waals surface area contributed by atoms with Gasteiger partial charge in [0.25, 0.3) is 0 Å². The average Bonchev–Trinajstić information content (AvgIpc) is 3.14. The Kier molecular flexibility index (Phi) is 35.2. The zero-order valence-electron chi connectivity index (χ0n) is 33.3. The third kappa shape index (κ3) is 36.2. The number of aliphatic hydroxyl groups excluding tert-OH is 1. The van der Waals surface area contributed by atoms with Crippen molar-refractivity contribution >= 4 is 25.7 Å². The Balaban J connectivity index is 4.03. The molecule has 0 aromatic rings. The van der Waals surface area contributed by atoms with Crippen LogP contribution in [-0.4, -0.2) is 64.9 Å². The summed E-state index contributed by atoms with van der Waals surface area (Å²) in [6, 6.07) is -1.57. The Labute approximate surface area is 326 Å². The number of aliphatic hydroxyl groups is 1. The Morgan fingerprint density at radius 1 is 0.593 bits per heavy atom. The van der Waals surface area contributed by atoms with E-state index in [2.05, 4.69) is 79.9 Å². The average molecular weight is 782 g/mol. The van der Waals surface area contributed by atoms with Crippen LogP contribution < -0.4 is 5.32 Å². The topological polar surface area (TPSA) is 169 Å². The largest absolute Gasteiger partial charge is 0.480 e. The first-order valence-electron chi connectivity index (χ1n) is 20.3. The smallest absolute Gasteiger partial charge is 0.472 e. The van der Waals surface area contributed by atoms with Crippen LogP contribution in [0.25, 0.3) is 0 Å². The summed E-state index contributed by atoms with van der Waals surface area (Å²) >= 11 is 0. The maximum absolute atomic E-state index is 12.3. The van der Waals surface area contributed by atoms with Crippen LogP contribution in [0.2, 0.25) is 0 Å². The second-order valence-corrected chi connectivity index (χ2v) is 14.9. The summed E-state index contributed by atoms with van der Waals surface area (Å²) in [6.45, 7) is 2.46. The summed E-state index contributed by atoms with van der Waals surface area (Å²) in [6.07, 6.45) is 41.1. The molecule has 0 spiro atoms. The van der Waals surface area contributed by atoms with Gasteiger partial charge in [0.1, 0.15) is 12.7 Å². The molecule has 3 atom stereocenters. The number of hydrogen-bond donors (Lipinski definition) is 4. The molecular formula is C42H72NO10P. The van der Waals surface area contributed by atoms with Gasteiger partial charge < -0.3 is 25.2 Å². The molecule has 11 nitrogen and oxygen atoms in total. The Morgan fingerprint density at radius 2 is 1.04 bits per heavy atom. The molecule has 0 heterocycles. The molecule has 0 rings (SSSR count). The highest BCUT2D eigenvalue weighted by molar-refractivity contribution is 7.47. The van der Waals surface area contributed by atoms with Gasteiger partial charge in [0.15, 0.2) is 6.04 Å². The molecule has 0 radical (unpaired) electrons. The number of carboxylic acids is 1. The van der Waals surface area contributed by atoms with Gasteiger partial charge >= 0.3 is 19.8 Å². The highest BCUT2D eigenvalue weighted by Gasteiger charge is 2.28. The van der Waals surface area contributed by atoms with Crippen LogP contribution in [0, 0.1) is 0 Å². The predicted molar refractivity (Wildman–Crippen MR) is 217 cm³/mol. The lowest BCUT2D eigenvalue weighted by Gasteiger charge is -2.18. The van der Waals surface area contributed by atoms with E-state index in [0.29, 0.717) is 12.8 Å². The van der Waals surface area contributed by atoms with E-state index in [4.69, 9.17) is 13.8 Å². The number of amides is 1. The van der Waals surface area contributed by atoms with E-state index >= 15 is 0 Å². The normalized spacial score (nSPS) is 14.4. The van der Waals surface area contributed by atoms with Crippen molar-refractivity contribution in [2.24, 2.45) is 0 Å². The third-order valence-corrected chi connectivity index (χ3v) is 9.23. The zero-order valence-corrected chi connectivity index (χ0v) is 34.1. The monoisotopic (exact) mass is 781 g/mol. The van der Waals surface area contributed by atoms with E-state index in [-0.39, 0.29) is 12.8 Å². The summed E-state index contributed by atoms with van der Waals surface area (Å²) in [5.41, 5.74) is 0. The number of carbonyl (C=O) groups excluding carboxylic acids is 2. The van der Waals surface area contributed by atoms with Crippen molar-refractivity contribution in [1.82, 2.24) is 5.32 Å². The number of phosphoric ester groups is 1. The zero-order chi connectivity index (χ0) is 40.0. The number of rotatable bonds is 37. The van der Waals surface area contributed by atoms with E-state index < -0.39 is 57.6 Å². The summed E-state index contributed by atoms with van der Waals surface area (Å²) in [5.74, 6) is -2.44. The molecule has 0 aliphatic heterocycles. The molecule has 4 N–H and O–H groups in total. The molecule has 0 aromatic carbocycles. The minimum absolute atomic E-state index is 0.105. The van der Waals surface area contributed by atoms with Crippen molar-refractivity contribution in [3.05, 3.63) is 60.8 Å². The van der Waals surface area contributed by atoms with Crippen molar-refractivity contribution in [3.63, 3.8) is 0 Å². The first kappa shape index (κ1) is 51.2. The number of phosphoric acid groups is 1. The van der Waals surface area contributed by atoms with Gasteiger partial charge in [-0.3, -0.25) is 18.6 Å². The van der Waals surface area contributed by atoms with Gasteiger partial charge in [0.05, 0.1) is 13.2 Å². The van der Waals surface area contributed by atoms with Crippen molar-refractivity contribution in [2.45, 2.75) is 167 Å². The number of nitrogens with one attached hydrogen (secondary N) is 1. The van der Waals surface area contributed by atoms with Crippen LogP contribution in [0.5, 0.6) is 0 Å². The number of ether oxygens (including phenoxy) is 1. The van der Waals surface area contributed by atoms with Gasteiger partial charge in [-0.1, -0.05) is 126 Å². The van der Waals surface area contributed by atoms with Crippen LogP contribution in [0.15, 0.2) is 60.8 Å². The molecule has 1 amide bonds. The number of unbranched alkanes of at least 4 members (excludes halogenated alkanes) is 13. The van der Waals surface area contributed by atoms with Gasteiger partial charge in [0.2, 0.25) is 5.91 Å². The Morgan fingerprint density at radius 3 is 1.61 bits per heavy atom.